The Bertz CT molecular complexity index is 616. The van der Waals surface area contributed by atoms with Gasteiger partial charge in [0.25, 0.3) is 0 Å². The van der Waals surface area contributed by atoms with Crippen LogP contribution in [-0.2, 0) is 6.42 Å². The van der Waals surface area contributed by atoms with E-state index in [1.54, 1.807) is 13.1 Å². The molecule has 106 valence electrons. The minimum atomic E-state index is -0.491. The largest absolute Gasteiger partial charge is 0.313 e. The van der Waals surface area contributed by atoms with Gasteiger partial charge in [0.2, 0.25) is 0 Å². The summed E-state index contributed by atoms with van der Waals surface area (Å²) < 4.78 is 40.9. The molecule has 0 aromatic heterocycles. The van der Waals surface area contributed by atoms with Crippen molar-refractivity contribution < 1.29 is 13.2 Å². The summed E-state index contributed by atoms with van der Waals surface area (Å²) in [5.41, 5.74) is 0.914. The molecule has 0 bridgehead atoms. The lowest BCUT2D eigenvalue weighted by Crippen LogP contribution is -2.20. The van der Waals surface area contributed by atoms with Gasteiger partial charge < -0.3 is 5.32 Å². The number of hydrogen-bond acceptors (Lipinski definition) is 1. The van der Waals surface area contributed by atoms with Crippen LogP contribution in [0.5, 0.6) is 0 Å². The molecule has 0 radical (unpaired) electrons. The van der Waals surface area contributed by atoms with Crippen molar-refractivity contribution in [3.05, 3.63) is 69.4 Å². The third kappa shape index (κ3) is 3.41. The molecule has 0 aliphatic heterocycles. The maximum absolute atomic E-state index is 13.7. The van der Waals surface area contributed by atoms with Gasteiger partial charge in [-0.1, -0.05) is 15.9 Å². The van der Waals surface area contributed by atoms with E-state index in [9.17, 15) is 13.2 Å². The monoisotopic (exact) mass is 343 g/mol. The molecular formula is C15H13BrF3N. The average molecular weight is 344 g/mol. The van der Waals surface area contributed by atoms with Crippen LogP contribution in [0.3, 0.4) is 0 Å². The maximum atomic E-state index is 13.7. The van der Waals surface area contributed by atoms with E-state index in [0.29, 0.717) is 5.56 Å². The molecule has 0 heterocycles. The fourth-order valence-electron chi connectivity index (χ4n) is 2.07. The van der Waals surface area contributed by atoms with Gasteiger partial charge in [0.1, 0.15) is 17.5 Å². The molecule has 0 saturated carbocycles. The molecule has 1 atom stereocenters. The van der Waals surface area contributed by atoms with Gasteiger partial charge in [-0.3, -0.25) is 0 Å². The fraction of sp³-hybridized carbons (Fsp3) is 0.200. The molecule has 5 heteroatoms. The average Bonchev–Trinajstić information content (AvgIpc) is 2.42. The second-order valence-electron chi connectivity index (χ2n) is 4.45. The number of hydrogen-bond donors (Lipinski definition) is 1. The van der Waals surface area contributed by atoms with E-state index >= 15 is 0 Å². The smallest absolute Gasteiger partial charge is 0.126 e. The number of nitrogens with one attached hydrogen (secondary N) is 1. The zero-order chi connectivity index (χ0) is 14.7. The molecule has 1 unspecified atom stereocenters. The summed E-state index contributed by atoms with van der Waals surface area (Å²) in [6, 6.07) is 7.31. The van der Waals surface area contributed by atoms with Crippen molar-refractivity contribution in [2.45, 2.75) is 12.5 Å². The van der Waals surface area contributed by atoms with Gasteiger partial charge in [0.05, 0.1) is 0 Å². The van der Waals surface area contributed by atoms with Crippen molar-refractivity contribution >= 4 is 15.9 Å². The molecule has 0 aliphatic rings. The summed E-state index contributed by atoms with van der Waals surface area (Å²) in [4.78, 5) is 0. The van der Waals surface area contributed by atoms with Gasteiger partial charge in [0.15, 0.2) is 0 Å². The van der Waals surface area contributed by atoms with E-state index in [4.69, 9.17) is 0 Å². The van der Waals surface area contributed by atoms with Gasteiger partial charge in [0, 0.05) is 10.5 Å². The zero-order valence-corrected chi connectivity index (χ0v) is 12.3. The van der Waals surface area contributed by atoms with Crippen molar-refractivity contribution in [1.82, 2.24) is 5.32 Å². The predicted octanol–water partition coefficient (Wildman–Crippen LogP) is 4.37. The molecule has 2 aromatic carbocycles. The van der Waals surface area contributed by atoms with Crippen molar-refractivity contribution in [1.29, 1.82) is 0 Å². The van der Waals surface area contributed by atoms with Crippen molar-refractivity contribution in [3.63, 3.8) is 0 Å². The molecule has 0 saturated heterocycles. The number of halogens is 4. The lowest BCUT2D eigenvalue weighted by molar-refractivity contribution is 0.539. The van der Waals surface area contributed by atoms with Crippen molar-refractivity contribution in [2.75, 3.05) is 7.05 Å². The van der Waals surface area contributed by atoms with Crippen LogP contribution in [0.2, 0.25) is 0 Å². The molecule has 20 heavy (non-hydrogen) atoms. The van der Waals surface area contributed by atoms with Gasteiger partial charge >= 0.3 is 0 Å². The highest BCUT2D eigenvalue weighted by Gasteiger charge is 2.16. The van der Waals surface area contributed by atoms with Crippen LogP contribution in [0.15, 0.2) is 40.9 Å². The van der Waals surface area contributed by atoms with Crippen LogP contribution in [0, 0.1) is 17.5 Å². The zero-order valence-electron chi connectivity index (χ0n) is 10.8. The molecule has 0 spiro atoms. The van der Waals surface area contributed by atoms with Crippen LogP contribution in [-0.4, -0.2) is 7.05 Å². The van der Waals surface area contributed by atoms with Crippen LogP contribution >= 0.6 is 15.9 Å². The Labute approximate surface area is 123 Å². The Morgan fingerprint density at radius 2 is 1.70 bits per heavy atom. The van der Waals surface area contributed by atoms with Gasteiger partial charge in [-0.05, 0) is 61.0 Å². The first-order chi connectivity index (χ1) is 9.51. The second-order valence-corrected chi connectivity index (χ2v) is 5.30. The third-order valence-electron chi connectivity index (χ3n) is 3.11. The minimum absolute atomic E-state index is 0.224. The Hall–Kier alpha value is -1.33. The predicted molar refractivity (Wildman–Crippen MR) is 76.0 cm³/mol. The van der Waals surface area contributed by atoms with E-state index in [1.165, 1.54) is 12.1 Å². The van der Waals surface area contributed by atoms with Crippen LogP contribution < -0.4 is 5.32 Å². The quantitative estimate of drug-likeness (QED) is 0.869. The Balaban J connectivity index is 2.33. The Morgan fingerprint density at radius 3 is 2.40 bits per heavy atom. The SMILES string of the molecule is CNC(Cc1cc(F)ccc1F)c1cc(F)ccc1Br. The fourth-order valence-corrected chi connectivity index (χ4v) is 2.59. The van der Waals surface area contributed by atoms with Crippen molar-refractivity contribution in [2.24, 2.45) is 0 Å². The lowest BCUT2D eigenvalue weighted by atomic mass is 9.98. The summed E-state index contributed by atoms with van der Waals surface area (Å²) in [6.45, 7) is 0. The van der Waals surface area contributed by atoms with Crippen LogP contribution in [0.4, 0.5) is 13.2 Å². The van der Waals surface area contributed by atoms with E-state index in [2.05, 4.69) is 21.2 Å². The van der Waals surface area contributed by atoms with Gasteiger partial charge in [-0.2, -0.15) is 0 Å². The number of benzene rings is 2. The van der Waals surface area contributed by atoms with E-state index in [0.717, 1.165) is 22.7 Å². The van der Waals surface area contributed by atoms with Crippen molar-refractivity contribution in [3.8, 4) is 0 Å². The Morgan fingerprint density at radius 1 is 1.05 bits per heavy atom. The minimum Gasteiger partial charge on any atom is -0.313 e. The highest BCUT2D eigenvalue weighted by Crippen LogP contribution is 2.27. The number of rotatable bonds is 4. The summed E-state index contributed by atoms with van der Waals surface area (Å²) in [6.07, 6.45) is 0.224. The first-order valence-corrected chi connectivity index (χ1v) is 6.86. The topological polar surface area (TPSA) is 12.0 Å². The highest BCUT2D eigenvalue weighted by atomic mass is 79.9. The lowest BCUT2D eigenvalue weighted by Gasteiger charge is -2.19. The molecule has 0 fully saturated rings. The highest BCUT2D eigenvalue weighted by molar-refractivity contribution is 9.10. The van der Waals surface area contributed by atoms with E-state index in [-0.39, 0.29) is 23.8 Å². The molecule has 1 nitrogen and oxygen atoms in total. The van der Waals surface area contributed by atoms with Crippen LogP contribution in [0.1, 0.15) is 17.2 Å². The molecule has 2 aromatic rings. The first kappa shape index (κ1) is 15.1. The normalized spacial score (nSPS) is 12.4. The van der Waals surface area contributed by atoms with Gasteiger partial charge in [-0.25, -0.2) is 13.2 Å². The summed E-state index contributed by atoms with van der Waals surface area (Å²) >= 11 is 3.34. The summed E-state index contributed by atoms with van der Waals surface area (Å²) in [5.74, 6) is -1.34. The first-order valence-electron chi connectivity index (χ1n) is 6.07. The molecule has 1 N–H and O–H groups in total. The third-order valence-corrected chi connectivity index (χ3v) is 3.84. The van der Waals surface area contributed by atoms with E-state index in [1.807, 2.05) is 0 Å². The summed E-state index contributed by atoms with van der Waals surface area (Å²) in [7, 11) is 1.69. The molecule has 0 amide bonds. The maximum Gasteiger partial charge on any atom is 0.126 e. The second kappa shape index (κ2) is 6.41. The molecule has 2 rings (SSSR count). The van der Waals surface area contributed by atoms with Gasteiger partial charge in [-0.15, -0.1) is 0 Å². The molecular weight excluding hydrogens is 331 g/mol. The van der Waals surface area contributed by atoms with Crippen LogP contribution in [0.25, 0.3) is 0 Å². The number of likely N-dealkylation sites (N-methyl/N-ethyl adjacent to an activating group) is 1. The molecule has 0 aliphatic carbocycles. The van der Waals surface area contributed by atoms with E-state index < -0.39 is 11.6 Å². The summed E-state index contributed by atoms with van der Waals surface area (Å²) in [5, 5.41) is 3.00. The Kier molecular flexibility index (Phi) is 4.83. The standard InChI is InChI=1S/C15H13BrF3N/c1-20-15(12-8-11(18)2-4-13(12)16)7-9-6-10(17)3-5-14(9)19/h2-6,8,15,20H,7H2,1H3.